The van der Waals surface area contributed by atoms with E-state index >= 15 is 0 Å². The molecule has 0 fully saturated rings. The van der Waals surface area contributed by atoms with Gasteiger partial charge in [0, 0.05) is 42.6 Å². The van der Waals surface area contributed by atoms with Crippen LogP contribution in [0.25, 0.3) is 11.1 Å². The number of carbonyl (C=O) groups is 1. The molecule has 0 aliphatic rings. The second-order valence-corrected chi connectivity index (χ2v) is 8.06. The Morgan fingerprint density at radius 3 is 2.60 bits per heavy atom. The highest BCUT2D eigenvalue weighted by Crippen LogP contribution is 2.36. The minimum Gasteiger partial charge on any atom is -0.493 e. The molecule has 1 N–H and O–H groups in total. The summed E-state index contributed by atoms with van der Waals surface area (Å²) in [5.41, 5.74) is 1.83. The van der Waals surface area contributed by atoms with Crippen LogP contribution in [0.3, 0.4) is 0 Å². The molecule has 0 bridgehead atoms. The molecule has 0 aliphatic heterocycles. The molecular formula is C26H27F3N2O4. The number of carboxylic acid groups (broad SMARTS) is 1. The average molecular weight is 489 g/mol. The third-order valence-electron chi connectivity index (χ3n) is 5.42. The number of rotatable bonds is 11. The Labute approximate surface area is 201 Å². The third-order valence-corrected chi connectivity index (χ3v) is 5.42. The molecule has 0 saturated heterocycles. The molecule has 9 heteroatoms. The molecule has 0 saturated carbocycles. The van der Waals surface area contributed by atoms with Crippen molar-refractivity contribution in [2.45, 2.75) is 51.8 Å². The molecule has 1 aromatic carbocycles. The number of halogens is 3. The first-order chi connectivity index (χ1) is 16.7. The predicted octanol–water partition coefficient (Wildman–Crippen LogP) is 5.98. The maximum atomic E-state index is 13.2. The van der Waals surface area contributed by atoms with Gasteiger partial charge in [-0.1, -0.05) is 19.1 Å². The summed E-state index contributed by atoms with van der Waals surface area (Å²) in [6.45, 7) is 4.11. The average Bonchev–Trinajstić information content (AvgIpc) is 2.83. The van der Waals surface area contributed by atoms with Crippen LogP contribution < -0.4 is 9.47 Å². The summed E-state index contributed by atoms with van der Waals surface area (Å²) in [6.07, 6.45) is 0.607. The van der Waals surface area contributed by atoms with Gasteiger partial charge in [-0.3, -0.25) is 9.78 Å². The molecule has 0 amide bonds. The summed E-state index contributed by atoms with van der Waals surface area (Å²) >= 11 is 0. The lowest BCUT2D eigenvalue weighted by Gasteiger charge is -2.18. The van der Waals surface area contributed by atoms with Crippen LogP contribution in [0.4, 0.5) is 13.2 Å². The molecule has 3 aromatic rings. The van der Waals surface area contributed by atoms with E-state index in [9.17, 15) is 18.0 Å². The first-order valence-electron chi connectivity index (χ1n) is 11.3. The minimum atomic E-state index is -4.53. The Morgan fingerprint density at radius 2 is 1.94 bits per heavy atom. The Balaban J connectivity index is 1.65. The van der Waals surface area contributed by atoms with Crippen molar-refractivity contribution < 1.29 is 32.5 Å². The van der Waals surface area contributed by atoms with Gasteiger partial charge in [0.05, 0.1) is 12.2 Å². The van der Waals surface area contributed by atoms with Crippen molar-refractivity contribution in [1.82, 2.24) is 9.97 Å². The first kappa shape index (κ1) is 26.0. The fraction of sp³-hybridized carbons (Fsp3) is 0.346. The predicted molar refractivity (Wildman–Crippen MR) is 124 cm³/mol. The number of aryl methyl sites for hydroxylation is 2. The van der Waals surface area contributed by atoms with Gasteiger partial charge in [-0.2, -0.15) is 13.2 Å². The molecule has 35 heavy (non-hydrogen) atoms. The van der Waals surface area contributed by atoms with Gasteiger partial charge in [-0.15, -0.1) is 0 Å². The number of hydrogen-bond donors (Lipinski definition) is 1. The topological polar surface area (TPSA) is 81.5 Å². The van der Waals surface area contributed by atoms with Crippen molar-refractivity contribution in [3.8, 4) is 22.8 Å². The molecular weight excluding hydrogens is 461 g/mol. The lowest BCUT2D eigenvalue weighted by Crippen LogP contribution is -2.17. The fourth-order valence-electron chi connectivity index (χ4n) is 3.53. The molecule has 1 atom stereocenters. The second kappa shape index (κ2) is 11.7. The quantitative estimate of drug-likeness (QED) is 0.358. The van der Waals surface area contributed by atoms with E-state index in [0.29, 0.717) is 30.8 Å². The summed E-state index contributed by atoms with van der Waals surface area (Å²) in [7, 11) is 0. The van der Waals surface area contributed by atoms with Gasteiger partial charge in [0.25, 0.3) is 0 Å². The zero-order valence-electron chi connectivity index (χ0n) is 19.5. The highest BCUT2D eigenvalue weighted by molar-refractivity contribution is 5.68. The number of carboxylic acids is 1. The van der Waals surface area contributed by atoms with Crippen molar-refractivity contribution in [3.63, 3.8) is 0 Å². The van der Waals surface area contributed by atoms with E-state index in [-0.39, 0.29) is 24.0 Å². The Morgan fingerprint density at radius 1 is 1.14 bits per heavy atom. The van der Waals surface area contributed by atoms with Crippen LogP contribution in [-0.2, 0) is 23.8 Å². The highest BCUT2D eigenvalue weighted by atomic mass is 19.4. The number of aliphatic carboxylic acids is 1. The van der Waals surface area contributed by atoms with Crippen LogP contribution in [0.1, 0.15) is 43.4 Å². The number of aromatic nitrogens is 2. The van der Waals surface area contributed by atoms with Gasteiger partial charge in [-0.05, 0) is 55.2 Å². The van der Waals surface area contributed by atoms with Gasteiger partial charge in [0.1, 0.15) is 11.9 Å². The van der Waals surface area contributed by atoms with Crippen LogP contribution in [0.15, 0.2) is 55.0 Å². The maximum absolute atomic E-state index is 13.2. The first-order valence-corrected chi connectivity index (χ1v) is 11.3. The van der Waals surface area contributed by atoms with Gasteiger partial charge < -0.3 is 14.6 Å². The Bertz CT molecular complexity index is 1140. The summed E-state index contributed by atoms with van der Waals surface area (Å²) in [5, 5.41) is 8.90. The summed E-state index contributed by atoms with van der Waals surface area (Å²) in [4.78, 5) is 18.8. The fourth-order valence-corrected chi connectivity index (χ4v) is 3.53. The van der Waals surface area contributed by atoms with E-state index in [1.165, 1.54) is 12.4 Å². The van der Waals surface area contributed by atoms with Crippen LogP contribution in [-0.4, -0.2) is 33.8 Å². The molecule has 0 spiro atoms. The molecule has 6 nitrogen and oxygen atoms in total. The minimum absolute atomic E-state index is 0.0705. The van der Waals surface area contributed by atoms with Crippen molar-refractivity contribution >= 4 is 5.97 Å². The Kier molecular flexibility index (Phi) is 8.68. The van der Waals surface area contributed by atoms with E-state index in [2.05, 4.69) is 9.97 Å². The van der Waals surface area contributed by atoms with Crippen LogP contribution in [0, 0.1) is 0 Å². The smallest absolute Gasteiger partial charge is 0.417 e. The van der Waals surface area contributed by atoms with E-state index < -0.39 is 17.7 Å². The number of benzene rings is 1. The molecule has 0 radical (unpaired) electrons. The molecule has 2 heterocycles. The van der Waals surface area contributed by atoms with Gasteiger partial charge in [-0.25, -0.2) is 4.98 Å². The second-order valence-electron chi connectivity index (χ2n) is 8.06. The van der Waals surface area contributed by atoms with Gasteiger partial charge in [0.15, 0.2) is 0 Å². The summed E-state index contributed by atoms with van der Waals surface area (Å²) in [6, 6.07) is 9.88. The Hall–Kier alpha value is -3.62. The third kappa shape index (κ3) is 7.43. The highest BCUT2D eigenvalue weighted by Gasteiger charge is 2.32. The van der Waals surface area contributed by atoms with E-state index in [1.54, 1.807) is 25.1 Å². The monoisotopic (exact) mass is 488 g/mol. The van der Waals surface area contributed by atoms with Crippen molar-refractivity contribution in [1.29, 1.82) is 0 Å². The lowest BCUT2D eigenvalue weighted by atomic mass is 10.0. The molecule has 186 valence electrons. The number of hydrogen-bond acceptors (Lipinski definition) is 5. The lowest BCUT2D eigenvalue weighted by molar-refractivity contribution is -0.138. The van der Waals surface area contributed by atoms with Crippen LogP contribution in [0.2, 0.25) is 0 Å². The number of nitrogens with zero attached hydrogens (tertiary/aromatic N) is 2. The standard InChI is InChI=1S/C26H27F3N2O4/c1-3-18-13-22(8-6-19(18)7-9-24(32)33)34-12-10-17(2)35-25-23(20-5-4-11-30-15-20)14-21(16-31-25)26(27,28)29/h4-6,8,11,13-17H,3,7,9-10,12H2,1-2H3,(H,32,33)/t17-/m1/s1. The molecule has 0 unspecified atom stereocenters. The normalized spacial score (nSPS) is 12.3. The van der Waals surface area contributed by atoms with Crippen molar-refractivity contribution in [2.75, 3.05) is 6.61 Å². The van der Waals surface area contributed by atoms with Crippen molar-refractivity contribution in [2.24, 2.45) is 0 Å². The molecule has 0 aliphatic carbocycles. The van der Waals surface area contributed by atoms with Crippen LogP contribution >= 0.6 is 0 Å². The van der Waals surface area contributed by atoms with Crippen LogP contribution in [0.5, 0.6) is 11.6 Å². The molecule has 2 aromatic heterocycles. The van der Waals surface area contributed by atoms with E-state index in [0.717, 1.165) is 29.8 Å². The zero-order chi connectivity index (χ0) is 25.4. The maximum Gasteiger partial charge on any atom is 0.417 e. The van der Waals surface area contributed by atoms with Crippen molar-refractivity contribution in [3.05, 3.63) is 71.7 Å². The number of ether oxygens (including phenoxy) is 2. The largest absolute Gasteiger partial charge is 0.493 e. The zero-order valence-corrected chi connectivity index (χ0v) is 19.5. The number of pyridine rings is 2. The SMILES string of the molecule is CCc1cc(OCC[C@@H](C)Oc2ncc(C(F)(F)F)cc2-c2cccnc2)ccc1CCC(=O)O. The summed E-state index contributed by atoms with van der Waals surface area (Å²) < 4.78 is 51.4. The van der Waals surface area contributed by atoms with E-state index in [4.69, 9.17) is 14.6 Å². The van der Waals surface area contributed by atoms with Gasteiger partial charge in [0.2, 0.25) is 5.88 Å². The number of alkyl halides is 3. The summed E-state index contributed by atoms with van der Waals surface area (Å²) in [5.74, 6) is -0.0815. The van der Waals surface area contributed by atoms with E-state index in [1.807, 2.05) is 19.1 Å². The van der Waals surface area contributed by atoms with Gasteiger partial charge >= 0.3 is 12.1 Å². The molecule has 3 rings (SSSR count).